The van der Waals surface area contributed by atoms with Gasteiger partial charge in [-0.25, -0.2) is 0 Å². The lowest BCUT2D eigenvalue weighted by molar-refractivity contribution is -0.384. The van der Waals surface area contributed by atoms with Crippen molar-refractivity contribution in [2.45, 2.75) is 6.04 Å². The van der Waals surface area contributed by atoms with Crippen LogP contribution >= 0.6 is 0 Å². The van der Waals surface area contributed by atoms with Gasteiger partial charge in [-0.1, -0.05) is 0 Å². The number of anilines is 1. The van der Waals surface area contributed by atoms with Gasteiger partial charge < -0.3 is 15.4 Å². The second-order valence-electron chi connectivity index (χ2n) is 4.37. The molecule has 0 aliphatic carbocycles. The van der Waals surface area contributed by atoms with Gasteiger partial charge in [0.1, 0.15) is 11.8 Å². The molecule has 1 aliphatic heterocycles. The number of nitrogens with zero attached hydrogens (tertiary/aromatic N) is 1. The molecular weight excluding hydrogens is 280 g/mol. The molecule has 2 amide bonds. The Balaban J connectivity index is 2.10. The number of piperazine rings is 1. The quantitative estimate of drug-likeness (QED) is 0.514. The Kier molecular flexibility index (Phi) is 4.33. The molecule has 0 bridgehead atoms. The lowest BCUT2D eigenvalue weighted by Gasteiger charge is -2.23. The standard InChI is InChI=1S/C12H14N4O5/c1-21-10-4-7(16(19)20)2-3-8(10)15-12(18)9-5-14-11(17)6-13-9/h2-4,9,13H,5-6H2,1H3,(H,14,17)(H,15,18). The van der Waals surface area contributed by atoms with Crippen LogP contribution in [0.2, 0.25) is 0 Å². The highest BCUT2D eigenvalue weighted by Crippen LogP contribution is 2.29. The summed E-state index contributed by atoms with van der Waals surface area (Å²) < 4.78 is 5.03. The smallest absolute Gasteiger partial charge is 0.273 e. The van der Waals surface area contributed by atoms with Gasteiger partial charge in [0.2, 0.25) is 11.8 Å². The molecule has 1 atom stereocenters. The van der Waals surface area contributed by atoms with Crippen LogP contribution in [0.3, 0.4) is 0 Å². The fourth-order valence-corrected chi connectivity index (χ4v) is 1.87. The van der Waals surface area contributed by atoms with Gasteiger partial charge in [-0.05, 0) is 6.07 Å². The molecule has 1 heterocycles. The summed E-state index contributed by atoms with van der Waals surface area (Å²) in [5.74, 6) is -0.341. The average Bonchev–Trinajstić information content (AvgIpc) is 2.48. The van der Waals surface area contributed by atoms with E-state index in [9.17, 15) is 19.7 Å². The summed E-state index contributed by atoms with van der Waals surface area (Å²) in [7, 11) is 1.35. The number of carbonyl (C=O) groups excluding carboxylic acids is 2. The van der Waals surface area contributed by atoms with Gasteiger partial charge in [-0.15, -0.1) is 0 Å². The number of hydrogen-bond acceptors (Lipinski definition) is 6. The molecule has 0 spiro atoms. The zero-order valence-corrected chi connectivity index (χ0v) is 11.2. The van der Waals surface area contributed by atoms with Crippen molar-refractivity contribution in [2.75, 3.05) is 25.5 Å². The van der Waals surface area contributed by atoms with E-state index in [1.54, 1.807) is 0 Å². The topological polar surface area (TPSA) is 123 Å². The third-order valence-electron chi connectivity index (χ3n) is 2.98. The Hall–Kier alpha value is -2.68. The van der Waals surface area contributed by atoms with E-state index in [1.165, 1.54) is 25.3 Å². The van der Waals surface area contributed by atoms with Gasteiger partial charge in [0, 0.05) is 12.6 Å². The lowest BCUT2D eigenvalue weighted by Crippen LogP contribution is -2.56. The number of benzene rings is 1. The highest BCUT2D eigenvalue weighted by molar-refractivity contribution is 5.97. The van der Waals surface area contributed by atoms with Crippen LogP contribution in [0, 0.1) is 10.1 Å². The van der Waals surface area contributed by atoms with Gasteiger partial charge in [0.15, 0.2) is 0 Å². The molecule has 0 radical (unpaired) electrons. The normalized spacial score (nSPS) is 17.8. The highest BCUT2D eigenvalue weighted by Gasteiger charge is 2.24. The molecule has 0 aromatic heterocycles. The van der Waals surface area contributed by atoms with Crippen molar-refractivity contribution in [3.8, 4) is 5.75 Å². The largest absolute Gasteiger partial charge is 0.494 e. The summed E-state index contributed by atoms with van der Waals surface area (Å²) in [6.45, 7) is 0.245. The number of ether oxygens (including phenoxy) is 1. The number of amides is 2. The van der Waals surface area contributed by atoms with Crippen molar-refractivity contribution in [1.82, 2.24) is 10.6 Å². The van der Waals surface area contributed by atoms with E-state index < -0.39 is 11.0 Å². The van der Waals surface area contributed by atoms with Crippen molar-refractivity contribution in [2.24, 2.45) is 0 Å². The molecule has 9 heteroatoms. The highest BCUT2D eigenvalue weighted by atomic mass is 16.6. The molecule has 1 aromatic rings. The van der Waals surface area contributed by atoms with Gasteiger partial charge in [-0.3, -0.25) is 25.0 Å². The van der Waals surface area contributed by atoms with Crippen molar-refractivity contribution in [3.05, 3.63) is 28.3 Å². The molecule has 3 N–H and O–H groups in total. The maximum Gasteiger partial charge on any atom is 0.273 e. The van der Waals surface area contributed by atoms with Crippen molar-refractivity contribution in [3.63, 3.8) is 0 Å². The molecule has 1 unspecified atom stereocenters. The molecule has 1 fully saturated rings. The first kappa shape index (κ1) is 14.7. The predicted molar refractivity (Wildman–Crippen MR) is 73.1 cm³/mol. The minimum Gasteiger partial charge on any atom is -0.494 e. The number of methoxy groups -OCH3 is 1. The zero-order chi connectivity index (χ0) is 15.4. The predicted octanol–water partition coefficient (Wildman–Crippen LogP) is -0.370. The zero-order valence-electron chi connectivity index (χ0n) is 11.2. The summed E-state index contributed by atoms with van der Waals surface area (Å²) >= 11 is 0. The SMILES string of the molecule is COc1cc([N+](=O)[O-])ccc1NC(=O)C1CNC(=O)CN1. The monoisotopic (exact) mass is 294 g/mol. The first-order valence-corrected chi connectivity index (χ1v) is 6.14. The van der Waals surface area contributed by atoms with Crippen LogP contribution in [0.1, 0.15) is 0 Å². The van der Waals surface area contributed by atoms with E-state index in [4.69, 9.17) is 4.74 Å². The van der Waals surface area contributed by atoms with Crippen molar-refractivity contribution >= 4 is 23.2 Å². The molecular formula is C12H14N4O5. The number of hydrogen-bond donors (Lipinski definition) is 3. The van der Waals surface area contributed by atoms with E-state index in [0.717, 1.165) is 0 Å². The maximum absolute atomic E-state index is 12.0. The van der Waals surface area contributed by atoms with E-state index in [-0.39, 0.29) is 36.3 Å². The van der Waals surface area contributed by atoms with Crippen LogP contribution in [0.15, 0.2) is 18.2 Å². The fraction of sp³-hybridized carbons (Fsp3) is 0.333. The van der Waals surface area contributed by atoms with Crippen LogP contribution < -0.4 is 20.7 Å². The minimum atomic E-state index is -0.567. The molecule has 2 rings (SSSR count). The van der Waals surface area contributed by atoms with E-state index in [2.05, 4.69) is 16.0 Å². The Labute approximate surface area is 119 Å². The van der Waals surface area contributed by atoms with Crippen LogP contribution in [-0.4, -0.2) is 43.0 Å². The minimum absolute atomic E-state index is 0.0650. The Bertz CT molecular complexity index is 579. The molecule has 9 nitrogen and oxygen atoms in total. The number of nitro groups is 1. The number of non-ortho nitro benzene ring substituents is 1. The van der Waals surface area contributed by atoms with E-state index >= 15 is 0 Å². The van der Waals surface area contributed by atoms with Gasteiger partial charge in [0.25, 0.3) is 5.69 Å². The second kappa shape index (κ2) is 6.18. The molecule has 21 heavy (non-hydrogen) atoms. The number of rotatable bonds is 4. The van der Waals surface area contributed by atoms with Crippen molar-refractivity contribution < 1.29 is 19.2 Å². The Morgan fingerprint density at radius 1 is 1.52 bits per heavy atom. The molecule has 0 saturated carbocycles. The third kappa shape index (κ3) is 3.45. The summed E-state index contributed by atoms with van der Waals surface area (Å²) in [6.07, 6.45) is 0. The van der Waals surface area contributed by atoms with Crippen molar-refractivity contribution in [1.29, 1.82) is 0 Å². The summed E-state index contributed by atoms with van der Waals surface area (Å²) in [4.78, 5) is 33.2. The third-order valence-corrected chi connectivity index (χ3v) is 2.98. The van der Waals surface area contributed by atoms with E-state index in [1.807, 2.05) is 0 Å². The lowest BCUT2D eigenvalue weighted by atomic mass is 10.2. The first-order chi connectivity index (χ1) is 10.0. The Morgan fingerprint density at radius 3 is 2.86 bits per heavy atom. The summed E-state index contributed by atoms with van der Waals surface area (Å²) in [5, 5.41) is 18.7. The van der Waals surface area contributed by atoms with Gasteiger partial charge >= 0.3 is 0 Å². The van der Waals surface area contributed by atoms with Gasteiger partial charge in [-0.2, -0.15) is 0 Å². The molecule has 1 aliphatic rings. The molecule has 1 aromatic carbocycles. The van der Waals surface area contributed by atoms with Crippen LogP contribution in [-0.2, 0) is 9.59 Å². The van der Waals surface area contributed by atoms with Crippen LogP contribution in [0.25, 0.3) is 0 Å². The van der Waals surface area contributed by atoms with Crippen LogP contribution in [0.5, 0.6) is 5.75 Å². The Morgan fingerprint density at radius 2 is 2.29 bits per heavy atom. The molecule has 1 saturated heterocycles. The second-order valence-corrected chi connectivity index (χ2v) is 4.37. The number of carbonyl (C=O) groups is 2. The van der Waals surface area contributed by atoms with E-state index in [0.29, 0.717) is 5.69 Å². The number of nitrogens with one attached hydrogen (secondary N) is 3. The average molecular weight is 294 g/mol. The first-order valence-electron chi connectivity index (χ1n) is 6.14. The van der Waals surface area contributed by atoms with Gasteiger partial charge in [0.05, 0.1) is 30.3 Å². The van der Waals surface area contributed by atoms with Crippen LogP contribution in [0.4, 0.5) is 11.4 Å². The molecule has 112 valence electrons. The summed E-state index contributed by atoms with van der Waals surface area (Å²) in [5.41, 5.74) is 0.194. The maximum atomic E-state index is 12.0. The number of nitro benzene ring substituents is 1. The summed E-state index contributed by atoms with van der Waals surface area (Å²) in [6, 6.07) is 3.33. The fourth-order valence-electron chi connectivity index (χ4n) is 1.87.